The second-order valence-corrected chi connectivity index (χ2v) is 8.84. The monoisotopic (exact) mass is 737 g/mol. The summed E-state index contributed by atoms with van der Waals surface area (Å²) >= 11 is 0. The molecule has 12 heteroatoms. The van der Waals surface area contributed by atoms with Crippen LogP contribution in [-0.4, -0.2) is 142 Å². The Morgan fingerprint density at radius 3 is 0.510 bits per heavy atom. The Balaban J connectivity index is -0.0000000268. The van der Waals surface area contributed by atoms with Crippen LogP contribution in [0, 0.1) is 23.7 Å². The van der Waals surface area contributed by atoms with Crippen LogP contribution in [-0.2, 0) is 0 Å². The zero-order valence-electron chi connectivity index (χ0n) is 36.4. The van der Waals surface area contributed by atoms with E-state index in [9.17, 15) is 0 Å². The van der Waals surface area contributed by atoms with Crippen LogP contribution in [0.25, 0.3) is 0 Å². The second-order valence-electron chi connectivity index (χ2n) is 8.84. The smallest absolute Gasteiger partial charge is 0.100 e. The van der Waals surface area contributed by atoms with E-state index in [1.807, 2.05) is 62.3 Å². The molecule has 0 aliphatic rings. The van der Waals surface area contributed by atoms with Gasteiger partial charge in [-0.05, 0) is 31.1 Å². The maximum atomic E-state index is 8.33. The molecular weight excluding hydrogens is 636 g/mol. The van der Waals surface area contributed by atoms with E-state index in [-0.39, 0.29) is 39.0 Å². The lowest BCUT2D eigenvalue weighted by Gasteiger charge is -1.98. The van der Waals surface area contributed by atoms with Crippen LogP contribution < -0.4 is 0 Å². The van der Waals surface area contributed by atoms with E-state index in [0.717, 1.165) is 46.5 Å². The maximum absolute atomic E-state index is 8.33. The fourth-order valence-corrected chi connectivity index (χ4v) is 0.662. The van der Waals surface area contributed by atoms with Crippen molar-refractivity contribution in [1.29, 1.82) is 0 Å². The van der Waals surface area contributed by atoms with Crippen LogP contribution in [0.4, 0.5) is 0 Å². The molecule has 0 saturated carbocycles. The topological polar surface area (TPSA) is 243 Å². The summed E-state index contributed by atoms with van der Waals surface area (Å²) in [5.41, 5.74) is 0. The van der Waals surface area contributed by atoms with E-state index in [2.05, 4.69) is 34.6 Å². The summed E-state index contributed by atoms with van der Waals surface area (Å²) in [5.74, 6) is 1.96. The molecule has 0 saturated heterocycles. The highest BCUT2D eigenvalue weighted by molar-refractivity contribution is 4.44. The molecule has 0 rings (SSSR count). The van der Waals surface area contributed by atoms with Gasteiger partial charge in [-0.3, -0.25) is 0 Å². The van der Waals surface area contributed by atoms with Crippen LogP contribution >= 0.6 is 0 Å². The van der Waals surface area contributed by atoms with Crippen molar-refractivity contribution in [2.75, 3.05) is 74.2 Å². The number of hydrogen-bond donors (Lipinski definition) is 12. The molecule has 0 fully saturated rings. The zero-order chi connectivity index (χ0) is 43.1. The van der Waals surface area contributed by atoms with Gasteiger partial charge in [0.1, 0.15) is 6.10 Å². The average Bonchev–Trinajstić information content (AvgIpc) is 3.21. The van der Waals surface area contributed by atoms with Gasteiger partial charge in [0.05, 0.1) is 13.2 Å². The molecule has 0 radical (unpaired) electrons. The average molecular weight is 737 g/mol. The minimum Gasteiger partial charge on any atom is -0.400 e. The van der Waals surface area contributed by atoms with E-state index in [1.165, 1.54) is 12.8 Å². The molecule has 0 aliphatic heterocycles. The molecule has 320 valence electrons. The highest BCUT2D eigenvalue weighted by Gasteiger charge is 1.94. The summed E-state index contributed by atoms with van der Waals surface area (Å²) in [6, 6.07) is 0. The number of aliphatic hydroxyl groups is 12. The summed E-state index contributed by atoms with van der Waals surface area (Å²) in [6.07, 6.45) is 4.74. The van der Waals surface area contributed by atoms with Gasteiger partial charge < -0.3 is 61.3 Å². The molecular formula is C37H100O12. The number of aliphatic hydroxyl groups excluding tert-OH is 12. The molecule has 0 aromatic rings. The van der Waals surface area contributed by atoms with Crippen LogP contribution in [0.2, 0.25) is 0 Å². The van der Waals surface area contributed by atoms with Gasteiger partial charge in [0.25, 0.3) is 0 Å². The Bertz CT molecular complexity index is 229. The Labute approximate surface area is 307 Å². The SMILES string of the molecule is CC.CC.CC.CC(CO)CO.CCC(C)CC.CCC(C)CO.CCC(C)CO.CCCO.CCO.CO.CO.CO.OCC(O)CO. The lowest BCUT2D eigenvalue weighted by atomic mass is 10.1. The fourth-order valence-electron chi connectivity index (χ4n) is 0.662. The van der Waals surface area contributed by atoms with Crippen molar-refractivity contribution in [3.63, 3.8) is 0 Å². The molecule has 0 bridgehead atoms. The van der Waals surface area contributed by atoms with E-state index in [4.69, 9.17) is 61.3 Å². The summed E-state index contributed by atoms with van der Waals surface area (Å²) < 4.78 is 0. The second kappa shape index (κ2) is 136. The highest BCUT2D eigenvalue weighted by atomic mass is 16.3. The summed E-state index contributed by atoms with van der Waals surface area (Å²) in [6.45, 7) is 33.0. The van der Waals surface area contributed by atoms with Crippen molar-refractivity contribution >= 4 is 0 Å². The molecule has 0 aliphatic carbocycles. The lowest BCUT2D eigenvalue weighted by molar-refractivity contribution is 0.0450. The van der Waals surface area contributed by atoms with Crippen molar-refractivity contribution < 1.29 is 61.3 Å². The Morgan fingerprint density at radius 1 is 0.347 bits per heavy atom. The van der Waals surface area contributed by atoms with Gasteiger partial charge >= 0.3 is 0 Å². The molecule has 0 spiro atoms. The zero-order valence-corrected chi connectivity index (χ0v) is 36.4. The molecule has 0 aromatic heterocycles. The first-order valence-electron chi connectivity index (χ1n) is 18.3. The third kappa shape index (κ3) is 234. The molecule has 0 aromatic carbocycles. The summed E-state index contributed by atoms with van der Waals surface area (Å²) in [5, 5.41) is 93.5. The largest absolute Gasteiger partial charge is 0.400 e. The third-order valence-corrected chi connectivity index (χ3v) is 4.68. The lowest BCUT2D eigenvalue weighted by Crippen LogP contribution is -2.15. The van der Waals surface area contributed by atoms with Crippen molar-refractivity contribution in [2.45, 2.75) is 149 Å². The first-order chi connectivity index (χ1) is 23.4. The van der Waals surface area contributed by atoms with Gasteiger partial charge in [-0.15, -0.1) is 0 Å². The van der Waals surface area contributed by atoms with Gasteiger partial charge in [0, 0.05) is 66.9 Å². The third-order valence-electron chi connectivity index (χ3n) is 4.68. The van der Waals surface area contributed by atoms with E-state index < -0.39 is 6.10 Å². The molecule has 12 N–H and O–H groups in total. The summed E-state index contributed by atoms with van der Waals surface area (Å²) in [7, 11) is 3.00. The molecule has 0 amide bonds. The standard InChI is InChI=1S/C6H14.2C5H12O.C4H10O2.C3H8O3.C3H8O.C2H6O.3C2H6.3CH4O/c1-4-6(3)5-2;2*1-3-5(2)4-6;1-4(2-5)3-6;4-1-3(6)2-5;1-2-3-4;1-2-3;6*1-2/h6H,4-5H2,1-3H3;2*5-6H,3-4H2,1-2H3;4-6H,2-3H2,1H3;3-6H,1-2H2;4H,2-3H2,1H3;3H,2H2,1H3;3*1-2H3;3*2H,1H3. The van der Waals surface area contributed by atoms with Crippen LogP contribution in [0.15, 0.2) is 0 Å². The molecule has 2 unspecified atom stereocenters. The van der Waals surface area contributed by atoms with Crippen molar-refractivity contribution in [3.05, 3.63) is 0 Å². The minimum atomic E-state index is -0.954. The van der Waals surface area contributed by atoms with E-state index in [0.29, 0.717) is 31.7 Å². The Kier molecular flexibility index (Phi) is 241. The van der Waals surface area contributed by atoms with Crippen molar-refractivity contribution in [2.24, 2.45) is 23.7 Å². The number of hydrogen-bond acceptors (Lipinski definition) is 12. The van der Waals surface area contributed by atoms with Crippen LogP contribution in [0.1, 0.15) is 143 Å². The molecule has 12 nitrogen and oxygen atoms in total. The number of rotatable bonds is 11. The van der Waals surface area contributed by atoms with Crippen LogP contribution in [0.3, 0.4) is 0 Å². The quantitative estimate of drug-likeness (QED) is 0.138. The maximum Gasteiger partial charge on any atom is 0.100 e. The normalized spacial score (nSPS) is 8.94. The summed E-state index contributed by atoms with van der Waals surface area (Å²) in [4.78, 5) is 0. The van der Waals surface area contributed by atoms with Crippen LogP contribution in [0.5, 0.6) is 0 Å². The highest BCUT2D eigenvalue weighted by Crippen LogP contribution is 2.02. The van der Waals surface area contributed by atoms with Gasteiger partial charge in [-0.2, -0.15) is 0 Å². The first kappa shape index (κ1) is 86.8. The molecule has 49 heavy (non-hydrogen) atoms. The molecule has 2 atom stereocenters. The van der Waals surface area contributed by atoms with Gasteiger partial charge in [-0.1, -0.05) is 130 Å². The first-order valence-corrected chi connectivity index (χ1v) is 18.3. The van der Waals surface area contributed by atoms with E-state index >= 15 is 0 Å². The van der Waals surface area contributed by atoms with Gasteiger partial charge in [-0.25, -0.2) is 0 Å². The Hall–Kier alpha value is -0.480. The predicted octanol–water partition coefficient (Wildman–Crippen LogP) is 4.72. The van der Waals surface area contributed by atoms with Gasteiger partial charge in [0.2, 0.25) is 0 Å². The predicted molar refractivity (Wildman–Crippen MR) is 215 cm³/mol. The fraction of sp³-hybridized carbons (Fsp3) is 1.00. The van der Waals surface area contributed by atoms with Crippen molar-refractivity contribution in [3.8, 4) is 0 Å². The Morgan fingerprint density at radius 2 is 0.510 bits per heavy atom. The van der Waals surface area contributed by atoms with E-state index in [1.54, 1.807) is 13.8 Å². The molecule has 0 heterocycles. The minimum absolute atomic E-state index is 0.0463. The van der Waals surface area contributed by atoms with Gasteiger partial charge in [0.15, 0.2) is 0 Å². The van der Waals surface area contributed by atoms with Crippen molar-refractivity contribution in [1.82, 2.24) is 0 Å².